The molecular weight excluding hydrogens is 138 g/mol. The highest BCUT2D eigenvalue weighted by Gasteiger charge is 2.17. The van der Waals surface area contributed by atoms with Gasteiger partial charge < -0.3 is 4.90 Å². The molecule has 0 amide bonds. The Morgan fingerprint density at radius 3 is 2.55 bits per heavy atom. The number of nitrogens with one attached hydrogen (secondary N) is 1. The minimum Gasteiger partial charge on any atom is -0.348 e. The van der Waals surface area contributed by atoms with Gasteiger partial charge in [-0.15, -0.1) is 0 Å². The van der Waals surface area contributed by atoms with E-state index in [0.717, 1.165) is 38.4 Å². The zero-order chi connectivity index (χ0) is 8.27. The van der Waals surface area contributed by atoms with E-state index < -0.39 is 0 Å². The molecule has 0 radical (unpaired) electrons. The Bertz CT molecular complexity index is 164. The molecule has 3 nitrogen and oxygen atoms in total. The van der Waals surface area contributed by atoms with Crippen LogP contribution < -0.4 is 0 Å². The molecule has 0 spiro atoms. The summed E-state index contributed by atoms with van der Waals surface area (Å²) in [6.07, 6.45) is 0.844. The van der Waals surface area contributed by atoms with Crippen LogP contribution in [0.5, 0.6) is 0 Å². The molecule has 11 heavy (non-hydrogen) atoms. The van der Waals surface area contributed by atoms with Crippen molar-refractivity contribution in [3.63, 3.8) is 0 Å². The molecule has 1 aliphatic rings. The summed E-state index contributed by atoms with van der Waals surface area (Å²) in [6.45, 7) is 9.79. The molecule has 1 aliphatic heterocycles. The topological polar surface area (TPSA) is 30.1 Å². The predicted octanol–water partition coefficient (Wildman–Crippen LogP) is 0.402. The average molecular weight is 154 g/mol. The molecule has 62 valence electrons. The van der Waals surface area contributed by atoms with Gasteiger partial charge >= 0.3 is 0 Å². The van der Waals surface area contributed by atoms with E-state index in [1.165, 1.54) is 0 Å². The van der Waals surface area contributed by atoms with Gasteiger partial charge in [-0.25, -0.2) is 4.58 Å². The summed E-state index contributed by atoms with van der Waals surface area (Å²) >= 11 is 0. The lowest BCUT2D eigenvalue weighted by Gasteiger charge is -2.26. The van der Waals surface area contributed by atoms with Gasteiger partial charge in [0.15, 0.2) is 13.1 Å². The fraction of sp³-hybridized carbons (Fsp3) is 0.750. The highest BCUT2D eigenvalue weighted by molar-refractivity contribution is 5.78. The van der Waals surface area contributed by atoms with Gasteiger partial charge in [-0.05, 0) is 0 Å². The first kappa shape index (κ1) is 8.24. The van der Waals surface area contributed by atoms with E-state index in [1.807, 2.05) is 6.92 Å². The van der Waals surface area contributed by atoms with Gasteiger partial charge in [0.2, 0.25) is 0 Å². The van der Waals surface area contributed by atoms with Gasteiger partial charge in [0.25, 0.3) is 0 Å². The van der Waals surface area contributed by atoms with E-state index in [1.54, 1.807) is 0 Å². The summed E-state index contributed by atoms with van der Waals surface area (Å²) in [5.41, 5.74) is 0. The third-order valence-electron chi connectivity index (χ3n) is 2.09. The Balaban J connectivity index is 2.39. The molecule has 0 saturated carbocycles. The van der Waals surface area contributed by atoms with E-state index in [0.29, 0.717) is 0 Å². The Labute approximate surface area is 67.8 Å². The number of nitrogens with zero attached hydrogens (tertiary/aromatic N) is 2. The number of rotatable bonds is 1. The van der Waals surface area contributed by atoms with E-state index in [4.69, 9.17) is 5.41 Å². The fourth-order valence-corrected chi connectivity index (χ4v) is 1.24. The van der Waals surface area contributed by atoms with Crippen molar-refractivity contribution in [3.8, 4) is 0 Å². The smallest absolute Gasteiger partial charge is 0.159 e. The van der Waals surface area contributed by atoms with E-state index in [2.05, 4.69) is 16.2 Å². The first-order valence-corrected chi connectivity index (χ1v) is 4.12. The van der Waals surface area contributed by atoms with Crippen molar-refractivity contribution in [1.82, 2.24) is 4.90 Å². The number of hydrogen-bond donors (Lipinski definition) is 1. The highest BCUT2D eigenvalue weighted by Crippen LogP contribution is 1.98. The maximum Gasteiger partial charge on any atom is 0.159 e. The van der Waals surface area contributed by atoms with E-state index in [9.17, 15) is 0 Å². The molecule has 1 heterocycles. The molecule has 0 aromatic carbocycles. The molecule has 3 heteroatoms. The van der Waals surface area contributed by atoms with E-state index in [-0.39, 0.29) is 0 Å². The lowest BCUT2D eigenvalue weighted by atomic mass is 10.3. The van der Waals surface area contributed by atoms with Gasteiger partial charge in [0.05, 0.1) is 18.9 Å². The first-order valence-electron chi connectivity index (χ1n) is 4.12. The third kappa shape index (κ3) is 2.03. The van der Waals surface area contributed by atoms with Crippen molar-refractivity contribution in [2.75, 3.05) is 26.2 Å². The molecule has 0 unspecified atom stereocenters. The van der Waals surface area contributed by atoms with Crippen LogP contribution in [0.4, 0.5) is 0 Å². The van der Waals surface area contributed by atoms with Gasteiger partial charge in [0.1, 0.15) is 6.72 Å². The Kier molecular flexibility index (Phi) is 2.63. The SMILES string of the molecule is C=[N+]1CCN(C(=N)CC)CC1. The quantitative estimate of drug-likeness (QED) is 0.331. The number of amidine groups is 1. The summed E-state index contributed by atoms with van der Waals surface area (Å²) in [4.78, 5) is 2.13. The standard InChI is InChI=1S/C8H16N3/c1-3-8(9)11-6-4-10(2)5-7-11/h9H,2-7H2,1H3/q+1. The van der Waals surface area contributed by atoms with Crippen LogP contribution in [0.3, 0.4) is 0 Å². The average Bonchev–Trinajstić information content (AvgIpc) is 2.05. The highest BCUT2D eigenvalue weighted by atomic mass is 15.2. The van der Waals surface area contributed by atoms with Gasteiger partial charge in [0, 0.05) is 6.42 Å². The first-order chi connectivity index (χ1) is 5.24. The molecule has 1 rings (SSSR count). The van der Waals surface area contributed by atoms with Crippen molar-refractivity contribution in [3.05, 3.63) is 0 Å². The second-order valence-corrected chi connectivity index (χ2v) is 2.91. The van der Waals surface area contributed by atoms with Crippen LogP contribution >= 0.6 is 0 Å². The molecule has 0 aromatic rings. The minimum atomic E-state index is 0.762. The molecule has 1 fully saturated rings. The van der Waals surface area contributed by atoms with Crippen LogP contribution in [-0.4, -0.2) is 48.2 Å². The number of piperazine rings is 1. The maximum atomic E-state index is 7.58. The molecular formula is C8H16N3+. The Hall–Kier alpha value is -0.860. The molecule has 0 atom stereocenters. The lowest BCUT2D eigenvalue weighted by Crippen LogP contribution is -2.44. The molecule has 0 aromatic heterocycles. The molecule has 1 N–H and O–H groups in total. The fourth-order valence-electron chi connectivity index (χ4n) is 1.24. The van der Waals surface area contributed by atoms with Crippen LogP contribution in [0.15, 0.2) is 0 Å². The van der Waals surface area contributed by atoms with Crippen molar-refractivity contribution < 1.29 is 4.58 Å². The summed E-state index contributed by atoms with van der Waals surface area (Å²) in [5, 5.41) is 7.58. The third-order valence-corrected chi connectivity index (χ3v) is 2.09. The zero-order valence-corrected chi connectivity index (χ0v) is 7.14. The maximum absolute atomic E-state index is 7.58. The largest absolute Gasteiger partial charge is 0.348 e. The Morgan fingerprint density at radius 1 is 1.55 bits per heavy atom. The minimum absolute atomic E-state index is 0.762. The lowest BCUT2D eigenvalue weighted by molar-refractivity contribution is -0.529. The summed E-state index contributed by atoms with van der Waals surface area (Å²) in [5.74, 6) is 0.762. The summed E-state index contributed by atoms with van der Waals surface area (Å²) in [7, 11) is 0. The van der Waals surface area contributed by atoms with Crippen LogP contribution in [0, 0.1) is 5.41 Å². The van der Waals surface area contributed by atoms with Crippen LogP contribution in [0.1, 0.15) is 13.3 Å². The van der Waals surface area contributed by atoms with Crippen molar-refractivity contribution >= 4 is 12.6 Å². The van der Waals surface area contributed by atoms with Crippen molar-refractivity contribution in [2.45, 2.75) is 13.3 Å². The zero-order valence-electron chi connectivity index (χ0n) is 7.14. The van der Waals surface area contributed by atoms with Gasteiger partial charge in [-0.1, -0.05) is 6.92 Å². The Morgan fingerprint density at radius 2 is 2.09 bits per heavy atom. The van der Waals surface area contributed by atoms with Gasteiger partial charge in [-0.2, -0.15) is 0 Å². The number of hydrogen-bond acceptors (Lipinski definition) is 1. The second kappa shape index (κ2) is 3.51. The van der Waals surface area contributed by atoms with Crippen molar-refractivity contribution in [2.24, 2.45) is 0 Å². The van der Waals surface area contributed by atoms with Gasteiger partial charge in [-0.3, -0.25) is 5.41 Å². The molecule has 0 bridgehead atoms. The van der Waals surface area contributed by atoms with Crippen LogP contribution in [0.25, 0.3) is 0 Å². The van der Waals surface area contributed by atoms with E-state index >= 15 is 0 Å². The summed E-state index contributed by atoms with van der Waals surface area (Å²) < 4.78 is 2.06. The molecule has 1 saturated heterocycles. The van der Waals surface area contributed by atoms with Crippen molar-refractivity contribution in [1.29, 1.82) is 5.41 Å². The monoisotopic (exact) mass is 154 g/mol. The normalized spacial score (nSPS) is 18.6. The summed E-state index contributed by atoms with van der Waals surface area (Å²) in [6, 6.07) is 0. The van der Waals surface area contributed by atoms with Crippen LogP contribution in [0.2, 0.25) is 0 Å². The molecule has 0 aliphatic carbocycles. The van der Waals surface area contributed by atoms with Crippen LogP contribution in [-0.2, 0) is 0 Å². The predicted molar refractivity (Wildman–Crippen MR) is 46.7 cm³/mol. The second-order valence-electron chi connectivity index (χ2n) is 2.91.